The molecule has 0 aliphatic rings. The molecule has 5 heteroatoms. The summed E-state index contributed by atoms with van der Waals surface area (Å²) >= 11 is 0. The van der Waals surface area contributed by atoms with Gasteiger partial charge in [0, 0.05) is 17.2 Å². The lowest BCUT2D eigenvalue weighted by Crippen LogP contribution is -2.04. The maximum absolute atomic E-state index is 4.35. The Balaban J connectivity index is 2.57. The highest BCUT2D eigenvalue weighted by Crippen LogP contribution is 2.29. The van der Waals surface area contributed by atoms with Gasteiger partial charge in [0.15, 0.2) is 0 Å². The first kappa shape index (κ1) is 10.3. The summed E-state index contributed by atoms with van der Waals surface area (Å²) in [5, 5.41) is 8.53. The molecule has 0 saturated heterocycles. The largest absolute Gasteiger partial charge is 0.344 e. The molecule has 0 aliphatic heterocycles. The fourth-order valence-corrected chi connectivity index (χ4v) is 2.35. The fraction of sp³-hybridized carbons (Fsp3) is 0.417. The molecule has 0 atom stereocenters. The second kappa shape index (κ2) is 3.29. The topological polar surface area (TPSA) is 59.4 Å². The highest BCUT2D eigenvalue weighted by Gasteiger charge is 2.17. The lowest BCUT2D eigenvalue weighted by Gasteiger charge is -2.09. The van der Waals surface area contributed by atoms with Gasteiger partial charge in [-0.2, -0.15) is 0 Å². The van der Waals surface area contributed by atoms with Crippen LogP contribution in [-0.4, -0.2) is 25.0 Å². The van der Waals surface area contributed by atoms with Crippen molar-refractivity contribution in [3.63, 3.8) is 0 Å². The molecule has 1 N–H and O–H groups in total. The van der Waals surface area contributed by atoms with Gasteiger partial charge in [-0.3, -0.25) is 0 Å². The Morgan fingerprint density at radius 3 is 2.65 bits per heavy atom. The fourth-order valence-electron chi connectivity index (χ4n) is 2.35. The quantitative estimate of drug-likeness (QED) is 0.697. The summed E-state index contributed by atoms with van der Waals surface area (Å²) in [5.74, 6) is 0. The third-order valence-corrected chi connectivity index (χ3v) is 3.26. The van der Waals surface area contributed by atoms with E-state index in [9.17, 15) is 0 Å². The van der Waals surface area contributed by atoms with Crippen LogP contribution in [0.25, 0.3) is 22.1 Å². The molecular formula is C12H15N5. The van der Waals surface area contributed by atoms with Crippen molar-refractivity contribution in [2.24, 2.45) is 0 Å². The number of nitrogens with one attached hydrogen (secondary N) is 1. The Morgan fingerprint density at radius 2 is 1.94 bits per heavy atom. The molecule has 5 nitrogen and oxygen atoms in total. The van der Waals surface area contributed by atoms with E-state index in [1.165, 1.54) is 0 Å². The summed E-state index contributed by atoms with van der Waals surface area (Å²) in [6.07, 6.45) is 1.73. The van der Waals surface area contributed by atoms with Crippen molar-refractivity contribution in [3.05, 3.63) is 17.5 Å². The van der Waals surface area contributed by atoms with E-state index in [4.69, 9.17) is 0 Å². The van der Waals surface area contributed by atoms with Crippen LogP contribution in [0.2, 0.25) is 0 Å². The zero-order chi connectivity index (χ0) is 12.2. The molecule has 0 radical (unpaired) electrons. The maximum atomic E-state index is 4.35. The van der Waals surface area contributed by atoms with Crippen molar-refractivity contribution >= 4 is 22.1 Å². The summed E-state index contributed by atoms with van der Waals surface area (Å²) < 4.78 is 1.97. The summed E-state index contributed by atoms with van der Waals surface area (Å²) in [7, 11) is 0. The first-order chi connectivity index (χ1) is 8.11. The van der Waals surface area contributed by atoms with Crippen molar-refractivity contribution in [1.29, 1.82) is 0 Å². The Morgan fingerprint density at radius 1 is 1.18 bits per heavy atom. The third kappa shape index (κ3) is 1.22. The highest BCUT2D eigenvalue weighted by molar-refractivity contribution is 5.98. The molecular weight excluding hydrogens is 214 g/mol. The Hall–Kier alpha value is -1.91. The standard InChI is InChI=1S/C12H15N5/c1-6(2)17-12-8(4)10-9(13-5-14-10)7(3)11(12)15-16-17/h5-6H,1-4H3,(H,13,14). The number of imidazole rings is 1. The molecule has 17 heavy (non-hydrogen) atoms. The molecule has 2 aromatic heterocycles. The van der Waals surface area contributed by atoms with E-state index in [2.05, 4.69) is 41.1 Å². The number of fused-ring (bicyclic) bond motifs is 2. The monoisotopic (exact) mass is 229 g/mol. The van der Waals surface area contributed by atoms with Crippen molar-refractivity contribution in [2.75, 3.05) is 0 Å². The zero-order valence-electron chi connectivity index (χ0n) is 10.4. The molecule has 3 rings (SSSR count). The van der Waals surface area contributed by atoms with Crippen LogP contribution < -0.4 is 0 Å². The number of aromatic amines is 1. The molecule has 0 unspecified atom stereocenters. The number of nitrogens with zero attached hydrogens (tertiary/aromatic N) is 4. The van der Waals surface area contributed by atoms with Crippen LogP contribution in [0.1, 0.15) is 31.0 Å². The Bertz CT molecular complexity index is 704. The minimum atomic E-state index is 0.304. The number of hydrogen-bond donors (Lipinski definition) is 1. The molecule has 3 aromatic rings. The molecule has 0 saturated carbocycles. The minimum absolute atomic E-state index is 0.304. The first-order valence-electron chi connectivity index (χ1n) is 5.78. The lowest BCUT2D eigenvalue weighted by atomic mass is 10.1. The molecule has 2 heterocycles. The van der Waals surface area contributed by atoms with Gasteiger partial charge in [-0.25, -0.2) is 9.67 Å². The summed E-state index contributed by atoms with van der Waals surface area (Å²) in [6.45, 7) is 8.36. The minimum Gasteiger partial charge on any atom is -0.344 e. The average Bonchev–Trinajstić information content (AvgIpc) is 2.92. The van der Waals surface area contributed by atoms with Crippen LogP contribution in [0.15, 0.2) is 6.33 Å². The van der Waals surface area contributed by atoms with Crippen molar-refractivity contribution in [3.8, 4) is 0 Å². The summed E-state index contributed by atoms with van der Waals surface area (Å²) in [5.41, 5.74) is 6.39. The number of benzene rings is 1. The van der Waals surface area contributed by atoms with E-state index in [0.29, 0.717) is 6.04 Å². The van der Waals surface area contributed by atoms with Crippen molar-refractivity contribution in [2.45, 2.75) is 33.7 Å². The van der Waals surface area contributed by atoms with E-state index >= 15 is 0 Å². The van der Waals surface area contributed by atoms with Crippen LogP contribution in [0, 0.1) is 13.8 Å². The van der Waals surface area contributed by atoms with Crippen LogP contribution in [-0.2, 0) is 0 Å². The van der Waals surface area contributed by atoms with E-state index in [1.807, 2.05) is 11.6 Å². The number of hydrogen-bond acceptors (Lipinski definition) is 3. The molecule has 0 bridgehead atoms. The van der Waals surface area contributed by atoms with Crippen LogP contribution in [0.5, 0.6) is 0 Å². The summed E-state index contributed by atoms with van der Waals surface area (Å²) in [4.78, 5) is 7.55. The second-order valence-corrected chi connectivity index (χ2v) is 4.70. The first-order valence-corrected chi connectivity index (χ1v) is 5.78. The van der Waals surface area contributed by atoms with Gasteiger partial charge in [0.25, 0.3) is 0 Å². The van der Waals surface area contributed by atoms with Crippen LogP contribution in [0.4, 0.5) is 0 Å². The normalized spacial score (nSPS) is 12.1. The van der Waals surface area contributed by atoms with Gasteiger partial charge >= 0.3 is 0 Å². The van der Waals surface area contributed by atoms with Crippen molar-refractivity contribution < 1.29 is 0 Å². The Labute approximate surface area is 98.8 Å². The third-order valence-electron chi connectivity index (χ3n) is 3.26. The smallest absolute Gasteiger partial charge is 0.118 e. The van der Waals surface area contributed by atoms with Gasteiger partial charge in [0.1, 0.15) is 5.52 Å². The van der Waals surface area contributed by atoms with E-state index in [1.54, 1.807) is 6.33 Å². The summed E-state index contributed by atoms with van der Waals surface area (Å²) in [6, 6.07) is 0.304. The van der Waals surface area contributed by atoms with Gasteiger partial charge in [0.2, 0.25) is 0 Å². The number of rotatable bonds is 1. The second-order valence-electron chi connectivity index (χ2n) is 4.70. The highest BCUT2D eigenvalue weighted by atomic mass is 15.4. The number of H-pyrrole nitrogens is 1. The van der Waals surface area contributed by atoms with E-state index < -0.39 is 0 Å². The van der Waals surface area contributed by atoms with E-state index in [0.717, 1.165) is 33.2 Å². The maximum Gasteiger partial charge on any atom is 0.118 e. The van der Waals surface area contributed by atoms with Crippen LogP contribution >= 0.6 is 0 Å². The number of aromatic nitrogens is 5. The molecule has 0 aliphatic carbocycles. The zero-order valence-corrected chi connectivity index (χ0v) is 10.4. The lowest BCUT2D eigenvalue weighted by molar-refractivity contribution is 0.529. The molecule has 0 amide bonds. The molecule has 1 aromatic carbocycles. The van der Waals surface area contributed by atoms with Crippen LogP contribution in [0.3, 0.4) is 0 Å². The Kier molecular flexibility index (Phi) is 1.98. The molecule has 88 valence electrons. The van der Waals surface area contributed by atoms with Gasteiger partial charge < -0.3 is 4.98 Å². The predicted octanol–water partition coefficient (Wildman–Crippen LogP) is 2.51. The SMILES string of the molecule is Cc1c2nc[nH]c2c(C)c2c1nnn2C(C)C. The van der Waals surface area contributed by atoms with Gasteiger partial charge in [-0.1, -0.05) is 5.21 Å². The van der Waals surface area contributed by atoms with Gasteiger partial charge in [-0.15, -0.1) is 5.10 Å². The predicted molar refractivity (Wildman–Crippen MR) is 67.0 cm³/mol. The number of aryl methyl sites for hydroxylation is 2. The van der Waals surface area contributed by atoms with Crippen molar-refractivity contribution in [1.82, 2.24) is 25.0 Å². The van der Waals surface area contributed by atoms with Gasteiger partial charge in [-0.05, 0) is 27.7 Å². The van der Waals surface area contributed by atoms with E-state index in [-0.39, 0.29) is 0 Å². The molecule has 0 spiro atoms. The van der Waals surface area contributed by atoms with Gasteiger partial charge in [0.05, 0.1) is 22.9 Å². The average molecular weight is 229 g/mol. The molecule has 0 fully saturated rings.